The Balaban J connectivity index is 2.28. The lowest BCUT2D eigenvalue weighted by Gasteiger charge is -2.26. The molecule has 0 bridgehead atoms. The molecule has 1 aromatic heterocycles. The Hall–Kier alpha value is -1.94. The number of hydrogen-bond acceptors (Lipinski definition) is 3. The molecule has 0 spiro atoms. The molecule has 19 heavy (non-hydrogen) atoms. The van der Waals surface area contributed by atoms with E-state index >= 15 is 0 Å². The second-order valence-corrected chi connectivity index (χ2v) is 4.45. The van der Waals surface area contributed by atoms with Gasteiger partial charge in [0.1, 0.15) is 11.6 Å². The SMILES string of the molecule is CC(c1ccccc1F)N(C)c1cccc(CO)n1. The first-order valence-electron chi connectivity index (χ1n) is 6.17. The summed E-state index contributed by atoms with van der Waals surface area (Å²) in [5.74, 6) is 0.488. The average Bonchev–Trinajstić information content (AvgIpc) is 2.46. The molecule has 1 N–H and O–H groups in total. The van der Waals surface area contributed by atoms with Crippen molar-refractivity contribution in [2.75, 3.05) is 11.9 Å². The van der Waals surface area contributed by atoms with Gasteiger partial charge in [0.25, 0.3) is 0 Å². The van der Waals surface area contributed by atoms with Crippen LogP contribution in [0, 0.1) is 5.82 Å². The van der Waals surface area contributed by atoms with Crippen molar-refractivity contribution in [1.29, 1.82) is 0 Å². The molecule has 1 atom stereocenters. The van der Waals surface area contributed by atoms with Gasteiger partial charge in [0.2, 0.25) is 0 Å². The van der Waals surface area contributed by atoms with Crippen LogP contribution < -0.4 is 4.90 Å². The van der Waals surface area contributed by atoms with E-state index in [1.54, 1.807) is 18.2 Å². The minimum absolute atomic E-state index is 0.101. The second-order valence-electron chi connectivity index (χ2n) is 4.45. The van der Waals surface area contributed by atoms with E-state index in [2.05, 4.69) is 4.98 Å². The van der Waals surface area contributed by atoms with Crippen molar-refractivity contribution in [1.82, 2.24) is 4.98 Å². The number of anilines is 1. The van der Waals surface area contributed by atoms with E-state index in [1.165, 1.54) is 6.07 Å². The second kappa shape index (κ2) is 5.80. The number of pyridine rings is 1. The summed E-state index contributed by atoms with van der Waals surface area (Å²) in [6, 6.07) is 12.0. The van der Waals surface area contributed by atoms with Gasteiger partial charge in [-0.25, -0.2) is 9.37 Å². The smallest absolute Gasteiger partial charge is 0.129 e. The Morgan fingerprint density at radius 1 is 1.21 bits per heavy atom. The lowest BCUT2D eigenvalue weighted by Crippen LogP contribution is -2.23. The number of hydrogen-bond donors (Lipinski definition) is 1. The largest absolute Gasteiger partial charge is 0.390 e. The van der Waals surface area contributed by atoms with Gasteiger partial charge in [-0.1, -0.05) is 24.3 Å². The average molecular weight is 260 g/mol. The fraction of sp³-hybridized carbons (Fsp3) is 0.267. The third kappa shape index (κ3) is 2.90. The molecule has 0 saturated carbocycles. The lowest BCUT2D eigenvalue weighted by molar-refractivity contribution is 0.277. The summed E-state index contributed by atoms with van der Waals surface area (Å²) in [6.07, 6.45) is 0. The van der Waals surface area contributed by atoms with E-state index < -0.39 is 0 Å². The Bertz CT molecular complexity index is 559. The van der Waals surface area contributed by atoms with Gasteiger partial charge < -0.3 is 10.0 Å². The molecule has 0 aliphatic heterocycles. The molecule has 3 nitrogen and oxygen atoms in total. The van der Waals surface area contributed by atoms with Gasteiger partial charge in [-0.3, -0.25) is 0 Å². The van der Waals surface area contributed by atoms with Crippen LogP contribution in [0.15, 0.2) is 42.5 Å². The molecule has 0 saturated heterocycles. The molecule has 0 amide bonds. The molecule has 2 aromatic rings. The highest BCUT2D eigenvalue weighted by Gasteiger charge is 2.16. The predicted octanol–water partition coefficient (Wildman–Crippen LogP) is 2.91. The van der Waals surface area contributed by atoms with Crippen molar-refractivity contribution < 1.29 is 9.50 Å². The van der Waals surface area contributed by atoms with Gasteiger partial charge in [0.05, 0.1) is 18.3 Å². The first-order chi connectivity index (χ1) is 9.13. The third-order valence-corrected chi connectivity index (χ3v) is 3.25. The van der Waals surface area contributed by atoms with Gasteiger partial charge in [-0.2, -0.15) is 0 Å². The van der Waals surface area contributed by atoms with Crippen molar-refractivity contribution in [2.24, 2.45) is 0 Å². The minimum Gasteiger partial charge on any atom is -0.390 e. The van der Waals surface area contributed by atoms with Crippen LogP contribution in [0.25, 0.3) is 0 Å². The van der Waals surface area contributed by atoms with Crippen molar-refractivity contribution in [3.05, 3.63) is 59.5 Å². The summed E-state index contributed by atoms with van der Waals surface area (Å²) < 4.78 is 13.8. The number of nitrogens with zero attached hydrogens (tertiary/aromatic N) is 2. The highest BCUT2D eigenvalue weighted by atomic mass is 19.1. The summed E-state index contributed by atoms with van der Waals surface area (Å²) >= 11 is 0. The Labute approximate surface area is 112 Å². The lowest BCUT2D eigenvalue weighted by atomic mass is 10.1. The van der Waals surface area contributed by atoms with E-state index in [0.717, 1.165) is 0 Å². The van der Waals surface area contributed by atoms with Crippen LogP contribution in [0.2, 0.25) is 0 Å². The van der Waals surface area contributed by atoms with Crippen LogP contribution >= 0.6 is 0 Å². The van der Waals surface area contributed by atoms with Crippen molar-refractivity contribution in [3.8, 4) is 0 Å². The quantitative estimate of drug-likeness (QED) is 0.918. The number of aromatic nitrogens is 1. The van der Waals surface area contributed by atoms with Crippen LogP contribution in [-0.4, -0.2) is 17.1 Å². The number of rotatable bonds is 4. The van der Waals surface area contributed by atoms with Gasteiger partial charge in [0.15, 0.2) is 0 Å². The van der Waals surface area contributed by atoms with Crippen molar-refractivity contribution in [2.45, 2.75) is 19.6 Å². The predicted molar refractivity (Wildman–Crippen MR) is 73.4 cm³/mol. The molecule has 0 aliphatic rings. The number of aliphatic hydroxyl groups is 1. The van der Waals surface area contributed by atoms with E-state index in [9.17, 15) is 4.39 Å². The zero-order valence-corrected chi connectivity index (χ0v) is 11.0. The van der Waals surface area contributed by atoms with Gasteiger partial charge in [0, 0.05) is 12.6 Å². The number of benzene rings is 1. The van der Waals surface area contributed by atoms with Crippen molar-refractivity contribution in [3.63, 3.8) is 0 Å². The molecule has 4 heteroatoms. The summed E-state index contributed by atoms with van der Waals surface area (Å²) in [7, 11) is 1.86. The zero-order chi connectivity index (χ0) is 13.8. The van der Waals surface area contributed by atoms with Crippen LogP contribution in [0.4, 0.5) is 10.2 Å². The molecule has 1 aromatic carbocycles. The molecule has 0 aliphatic carbocycles. The normalized spacial score (nSPS) is 12.2. The molecule has 100 valence electrons. The fourth-order valence-corrected chi connectivity index (χ4v) is 1.97. The van der Waals surface area contributed by atoms with E-state index in [1.807, 2.05) is 37.1 Å². The fourth-order valence-electron chi connectivity index (χ4n) is 1.97. The zero-order valence-electron chi connectivity index (χ0n) is 11.0. The van der Waals surface area contributed by atoms with Crippen LogP contribution in [0.5, 0.6) is 0 Å². The van der Waals surface area contributed by atoms with Crippen LogP contribution in [0.3, 0.4) is 0 Å². The molecular weight excluding hydrogens is 243 g/mol. The molecule has 2 rings (SSSR count). The molecule has 1 unspecified atom stereocenters. The van der Waals surface area contributed by atoms with E-state index in [0.29, 0.717) is 17.1 Å². The molecule has 0 radical (unpaired) electrons. The van der Waals surface area contributed by atoms with Crippen molar-refractivity contribution >= 4 is 5.82 Å². The summed E-state index contributed by atoms with van der Waals surface area (Å²) in [5, 5.41) is 9.10. The first-order valence-corrected chi connectivity index (χ1v) is 6.17. The molecule has 1 heterocycles. The van der Waals surface area contributed by atoms with E-state index in [-0.39, 0.29) is 18.5 Å². The standard InChI is InChI=1S/C15H17FN2O/c1-11(13-7-3-4-8-14(13)16)18(2)15-9-5-6-12(10-19)17-15/h3-9,11,19H,10H2,1-2H3. The van der Waals surface area contributed by atoms with Gasteiger partial charge in [-0.05, 0) is 25.1 Å². The maximum absolute atomic E-state index is 13.8. The Kier molecular flexibility index (Phi) is 4.12. The highest BCUT2D eigenvalue weighted by Crippen LogP contribution is 2.25. The maximum atomic E-state index is 13.8. The topological polar surface area (TPSA) is 36.4 Å². The Morgan fingerprint density at radius 3 is 2.63 bits per heavy atom. The summed E-state index contributed by atoms with van der Waals surface area (Å²) in [6.45, 7) is 1.82. The third-order valence-electron chi connectivity index (χ3n) is 3.25. The summed E-state index contributed by atoms with van der Waals surface area (Å²) in [5.41, 5.74) is 1.23. The minimum atomic E-state index is -0.222. The van der Waals surface area contributed by atoms with Gasteiger partial charge in [-0.15, -0.1) is 0 Å². The van der Waals surface area contributed by atoms with Gasteiger partial charge >= 0.3 is 0 Å². The number of aliphatic hydroxyl groups excluding tert-OH is 1. The van der Waals surface area contributed by atoms with Crippen LogP contribution in [-0.2, 0) is 6.61 Å². The maximum Gasteiger partial charge on any atom is 0.129 e. The summed E-state index contributed by atoms with van der Waals surface area (Å²) in [4.78, 5) is 6.21. The number of halogens is 1. The highest BCUT2D eigenvalue weighted by molar-refractivity contribution is 5.42. The molecule has 0 fully saturated rings. The van der Waals surface area contributed by atoms with E-state index in [4.69, 9.17) is 5.11 Å². The van der Waals surface area contributed by atoms with Crippen LogP contribution in [0.1, 0.15) is 24.2 Å². The monoisotopic (exact) mass is 260 g/mol. The Morgan fingerprint density at radius 2 is 1.95 bits per heavy atom. The molecular formula is C15H17FN2O. The first kappa shape index (κ1) is 13.5.